The van der Waals surface area contributed by atoms with Crippen LogP contribution in [0.2, 0.25) is 0 Å². The lowest BCUT2D eigenvalue weighted by Crippen LogP contribution is -2.35. The fraction of sp³-hybridized carbons (Fsp3) is 0.480. The van der Waals surface area contributed by atoms with Crippen molar-refractivity contribution in [2.45, 2.75) is 43.5 Å². The molecule has 0 saturated heterocycles. The first-order valence-electron chi connectivity index (χ1n) is 10.8. The van der Waals surface area contributed by atoms with Gasteiger partial charge in [0.15, 0.2) is 0 Å². The van der Waals surface area contributed by atoms with Crippen molar-refractivity contribution in [3.8, 4) is 0 Å². The average molecular weight is 411 g/mol. The second kappa shape index (κ2) is 10.8. The van der Waals surface area contributed by atoms with Crippen molar-refractivity contribution in [3.05, 3.63) is 65.7 Å². The average Bonchev–Trinajstić information content (AvgIpc) is 2.76. The number of nitrogens with one attached hydrogen (secondary N) is 1. The normalized spacial score (nSPS) is 20.2. The lowest BCUT2D eigenvalue weighted by molar-refractivity contribution is -0.134. The molecule has 0 radical (unpaired) electrons. The molecule has 3 rings (SSSR count). The molecule has 1 aliphatic carbocycles. The summed E-state index contributed by atoms with van der Waals surface area (Å²) in [6.45, 7) is 3.20. The van der Waals surface area contributed by atoms with Gasteiger partial charge in [-0.1, -0.05) is 55.5 Å². The van der Waals surface area contributed by atoms with E-state index in [9.17, 15) is 4.79 Å². The molecule has 2 aromatic carbocycles. The Labute approximate surface area is 180 Å². The molecule has 1 saturated carbocycles. The summed E-state index contributed by atoms with van der Waals surface area (Å²) in [4.78, 5) is 15.4. The summed E-state index contributed by atoms with van der Waals surface area (Å²) in [5, 5.41) is 3.88. The molecule has 29 heavy (non-hydrogen) atoms. The first-order chi connectivity index (χ1) is 14.1. The smallest absolute Gasteiger partial charge is 0.225 e. The van der Waals surface area contributed by atoms with E-state index in [-0.39, 0.29) is 12.0 Å². The molecule has 1 aliphatic rings. The van der Waals surface area contributed by atoms with Gasteiger partial charge in [0, 0.05) is 24.9 Å². The fourth-order valence-corrected chi connectivity index (χ4v) is 5.16. The van der Waals surface area contributed by atoms with E-state index < -0.39 is 0 Å². The van der Waals surface area contributed by atoms with Crippen LogP contribution in [0.4, 0.5) is 0 Å². The standard InChI is InChI=1S/C25H34N2OS/c1-4-29-23-13-9-8-12-22(23)24(20-10-6-5-7-11-20)26-18-19-14-16-21(17-15-19)25(28)27(2)3/h5-13,19,21,24,26H,4,14-18H2,1-3H3. The van der Waals surface area contributed by atoms with Crippen molar-refractivity contribution in [2.24, 2.45) is 11.8 Å². The quantitative estimate of drug-likeness (QED) is 0.594. The summed E-state index contributed by atoms with van der Waals surface area (Å²) in [6.07, 6.45) is 4.29. The van der Waals surface area contributed by atoms with Crippen LogP contribution >= 0.6 is 11.8 Å². The van der Waals surface area contributed by atoms with Crippen LogP contribution in [0.3, 0.4) is 0 Å². The first-order valence-corrected chi connectivity index (χ1v) is 11.8. The SMILES string of the molecule is CCSc1ccccc1C(NCC1CCC(C(=O)N(C)C)CC1)c1ccccc1. The Bertz CT molecular complexity index is 769. The summed E-state index contributed by atoms with van der Waals surface area (Å²) in [7, 11) is 3.73. The summed E-state index contributed by atoms with van der Waals surface area (Å²) in [6, 6.07) is 19.7. The Kier molecular flexibility index (Phi) is 8.19. The summed E-state index contributed by atoms with van der Waals surface area (Å²) in [5.41, 5.74) is 2.68. The van der Waals surface area contributed by atoms with E-state index in [1.54, 1.807) is 4.90 Å². The third-order valence-corrected chi connectivity index (χ3v) is 6.88. The van der Waals surface area contributed by atoms with Gasteiger partial charge < -0.3 is 10.2 Å². The molecule has 1 atom stereocenters. The predicted octanol–water partition coefficient (Wildman–Crippen LogP) is 5.37. The van der Waals surface area contributed by atoms with Crippen LogP contribution in [-0.2, 0) is 4.79 Å². The number of carbonyl (C=O) groups is 1. The summed E-state index contributed by atoms with van der Waals surface area (Å²) < 4.78 is 0. The van der Waals surface area contributed by atoms with Crippen molar-refractivity contribution in [3.63, 3.8) is 0 Å². The van der Waals surface area contributed by atoms with E-state index in [0.717, 1.165) is 38.0 Å². The Morgan fingerprint density at radius 3 is 2.34 bits per heavy atom. The summed E-state index contributed by atoms with van der Waals surface area (Å²) in [5.74, 6) is 2.22. The largest absolute Gasteiger partial charge is 0.349 e. The van der Waals surface area contributed by atoms with Gasteiger partial charge in [0.2, 0.25) is 5.91 Å². The maximum Gasteiger partial charge on any atom is 0.225 e. The maximum atomic E-state index is 12.2. The number of carbonyl (C=O) groups excluding carboxylic acids is 1. The minimum atomic E-state index is 0.201. The van der Waals surface area contributed by atoms with E-state index >= 15 is 0 Å². The molecule has 2 aromatic rings. The minimum absolute atomic E-state index is 0.201. The lowest BCUT2D eigenvalue weighted by Gasteiger charge is -2.31. The molecule has 1 N–H and O–H groups in total. The number of rotatable bonds is 8. The molecule has 1 amide bonds. The number of thioether (sulfide) groups is 1. The lowest BCUT2D eigenvalue weighted by atomic mass is 9.81. The molecule has 0 aliphatic heterocycles. The van der Waals surface area contributed by atoms with Gasteiger partial charge in [-0.2, -0.15) is 0 Å². The summed E-state index contributed by atoms with van der Waals surface area (Å²) >= 11 is 1.91. The molecule has 4 heteroatoms. The van der Waals surface area contributed by atoms with Crippen molar-refractivity contribution in [1.29, 1.82) is 0 Å². The molecule has 1 unspecified atom stereocenters. The van der Waals surface area contributed by atoms with Gasteiger partial charge in [-0.15, -0.1) is 11.8 Å². The highest BCUT2D eigenvalue weighted by molar-refractivity contribution is 7.99. The third kappa shape index (κ3) is 5.86. The zero-order chi connectivity index (χ0) is 20.6. The Hall–Kier alpha value is -1.78. The van der Waals surface area contributed by atoms with Gasteiger partial charge in [0.25, 0.3) is 0 Å². The molecule has 156 valence electrons. The molecule has 0 heterocycles. The second-order valence-electron chi connectivity index (χ2n) is 8.17. The van der Waals surface area contributed by atoms with E-state index in [1.165, 1.54) is 16.0 Å². The molecule has 1 fully saturated rings. The van der Waals surface area contributed by atoms with Crippen LogP contribution in [0.5, 0.6) is 0 Å². The first kappa shape index (κ1) is 21.9. The Morgan fingerprint density at radius 1 is 1.03 bits per heavy atom. The number of nitrogens with zero attached hydrogens (tertiary/aromatic N) is 1. The Balaban J connectivity index is 1.69. The third-order valence-electron chi connectivity index (χ3n) is 5.91. The van der Waals surface area contributed by atoms with Crippen LogP contribution in [-0.4, -0.2) is 37.2 Å². The highest BCUT2D eigenvalue weighted by Crippen LogP contribution is 2.33. The molecular weight excluding hydrogens is 376 g/mol. The zero-order valence-corrected chi connectivity index (χ0v) is 18.8. The van der Waals surface area contributed by atoms with Crippen molar-refractivity contribution >= 4 is 17.7 Å². The van der Waals surface area contributed by atoms with Crippen molar-refractivity contribution in [1.82, 2.24) is 10.2 Å². The van der Waals surface area contributed by atoms with Crippen LogP contribution in [0.1, 0.15) is 49.8 Å². The van der Waals surface area contributed by atoms with E-state index in [4.69, 9.17) is 0 Å². The van der Waals surface area contributed by atoms with Gasteiger partial charge >= 0.3 is 0 Å². The Morgan fingerprint density at radius 2 is 1.69 bits per heavy atom. The zero-order valence-electron chi connectivity index (χ0n) is 17.9. The van der Waals surface area contributed by atoms with Gasteiger partial charge in [-0.05, 0) is 61.1 Å². The van der Waals surface area contributed by atoms with Gasteiger partial charge in [0.05, 0.1) is 6.04 Å². The minimum Gasteiger partial charge on any atom is -0.349 e. The van der Waals surface area contributed by atoms with Gasteiger partial charge in [0.1, 0.15) is 0 Å². The maximum absolute atomic E-state index is 12.2. The van der Waals surface area contributed by atoms with E-state index in [2.05, 4.69) is 66.8 Å². The van der Waals surface area contributed by atoms with Crippen LogP contribution < -0.4 is 5.32 Å². The van der Waals surface area contributed by atoms with Gasteiger partial charge in [-0.25, -0.2) is 0 Å². The van der Waals surface area contributed by atoms with Crippen LogP contribution in [0.15, 0.2) is 59.5 Å². The van der Waals surface area contributed by atoms with E-state index in [0.29, 0.717) is 11.8 Å². The van der Waals surface area contributed by atoms with Crippen LogP contribution in [0, 0.1) is 11.8 Å². The van der Waals surface area contributed by atoms with Crippen LogP contribution in [0.25, 0.3) is 0 Å². The van der Waals surface area contributed by atoms with E-state index in [1.807, 2.05) is 25.9 Å². The van der Waals surface area contributed by atoms with Crippen molar-refractivity contribution < 1.29 is 4.79 Å². The molecular formula is C25H34N2OS. The molecule has 0 aromatic heterocycles. The molecule has 0 bridgehead atoms. The topological polar surface area (TPSA) is 32.3 Å². The highest BCUT2D eigenvalue weighted by atomic mass is 32.2. The number of benzene rings is 2. The van der Waals surface area contributed by atoms with Gasteiger partial charge in [-0.3, -0.25) is 4.79 Å². The predicted molar refractivity (Wildman–Crippen MR) is 123 cm³/mol. The fourth-order valence-electron chi connectivity index (χ4n) is 4.32. The molecule has 3 nitrogen and oxygen atoms in total. The second-order valence-corrected chi connectivity index (χ2v) is 9.48. The highest BCUT2D eigenvalue weighted by Gasteiger charge is 2.28. The number of amides is 1. The van der Waals surface area contributed by atoms with Crippen molar-refractivity contribution in [2.75, 3.05) is 26.4 Å². The number of hydrogen-bond acceptors (Lipinski definition) is 3. The monoisotopic (exact) mass is 410 g/mol. The number of hydrogen-bond donors (Lipinski definition) is 1. The molecule has 0 spiro atoms.